The molecule has 0 aliphatic carbocycles. The van der Waals surface area contributed by atoms with E-state index in [2.05, 4.69) is 10.4 Å². The first-order chi connectivity index (χ1) is 12.1. The Hall–Kier alpha value is -2.95. The highest BCUT2D eigenvalue weighted by Gasteiger charge is 2.05. The molecule has 0 aliphatic heterocycles. The molecule has 3 aromatic rings. The summed E-state index contributed by atoms with van der Waals surface area (Å²) < 4.78 is 14.8. The largest absolute Gasteiger partial charge is 0.326 e. The van der Waals surface area contributed by atoms with Crippen LogP contribution in [-0.4, -0.2) is 15.7 Å². The van der Waals surface area contributed by atoms with Gasteiger partial charge in [0.1, 0.15) is 5.82 Å². The molecule has 1 aromatic heterocycles. The zero-order chi connectivity index (χ0) is 17.6. The minimum atomic E-state index is -0.254. The van der Waals surface area contributed by atoms with Crippen LogP contribution in [0.1, 0.15) is 18.4 Å². The summed E-state index contributed by atoms with van der Waals surface area (Å²) in [5.41, 5.74) is 3.83. The summed E-state index contributed by atoms with van der Waals surface area (Å²) in [6.45, 7) is 2.67. The van der Waals surface area contributed by atoms with Gasteiger partial charge in [0, 0.05) is 30.4 Å². The van der Waals surface area contributed by atoms with Crippen LogP contribution in [0, 0.1) is 12.7 Å². The maximum atomic E-state index is 13.0. The van der Waals surface area contributed by atoms with Gasteiger partial charge >= 0.3 is 0 Å². The molecule has 0 saturated heterocycles. The lowest BCUT2D eigenvalue weighted by Crippen LogP contribution is -2.12. The van der Waals surface area contributed by atoms with Gasteiger partial charge in [0.25, 0.3) is 0 Å². The summed E-state index contributed by atoms with van der Waals surface area (Å²) in [6, 6.07) is 14.1. The third kappa shape index (κ3) is 4.76. The predicted molar refractivity (Wildman–Crippen MR) is 96.7 cm³/mol. The van der Waals surface area contributed by atoms with Crippen LogP contribution in [0.25, 0.3) is 11.1 Å². The van der Waals surface area contributed by atoms with Gasteiger partial charge in [-0.3, -0.25) is 9.48 Å². The summed E-state index contributed by atoms with van der Waals surface area (Å²) in [7, 11) is 0. The highest BCUT2D eigenvalue weighted by molar-refractivity contribution is 5.90. The molecule has 2 aromatic carbocycles. The van der Waals surface area contributed by atoms with E-state index in [1.54, 1.807) is 23.0 Å². The second kappa shape index (κ2) is 7.75. The van der Waals surface area contributed by atoms with Crippen molar-refractivity contribution >= 4 is 11.6 Å². The number of benzene rings is 2. The lowest BCUT2D eigenvalue weighted by atomic mass is 10.1. The topological polar surface area (TPSA) is 46.9 Å². The number of halogens is 1. The molecule has 25 heavy (non-hydrogen) atoms. The van der Waals surface area contributed by atoms with Crippen LogP contribution in [0.4, 0.5) is 10.1 Å². The Kier molecular flexibility index (Phi) is 5.23. The van der Waals surface area contributed by atoms with Gasteiger partial charge < -0.3 is 5.32 Å². The maximum absolute atomic E-state index is 13.0. The summed E-state index contributed by atoms with van der Waals surface area (Å²) in [5.74, 6) is -0.259. The zero-order valence-electron chi connectivity index (χ0n) is 14.1. The Balaban J connectivity index is 1.48. The van der Waals surface area contributed by atoms with E-state index in [0.717, 1.165) is 22.4 Å². The van der Waals surface area contributed by atoms with Crippen LogP contribution in [0.15, 0.2) is 60.9 Å². The van der Waals surface area contributed by atoms with Crippen LogP contribution >= 0.6 is 0 Å². The minimum Gasteiger partial charge on any atom is -0.326 e. The molecule has 0 spiro atoms. The summed E-state index contributed by atoms with van der Waals surface area (Å²) in [4.78, 5) is 12.0. The normalized spacial score (nSPS) is 10.6. The molecule has 3 rings (SSSR count). The first-order valence-corrected chi connectivity index (χ1v) is 8.25. The van der Waals surface area contributed by atoms with Crippen molar-refractivity contribution in [2.24, 2.45) is 0 Å². The molecule has 0 unspecified atom stereocenters. The van der Waals surface area contributed by atoms with E-state index < -0.39 is 0 Å². The molecule has 128 valence electrons. The monoisotopic (exact) mass is 337 g/mol. The second-order valence-corrected chi connectivity index (χ2v) is 6.02. The lowest BCUT2D eigenvalue weighted by Gasteiger charge is -2.05. The number of aryl methyl sites for hydroxylation is 2. The van der Waals surface area contributed by atoms with Gasteiger partial charge in [-0.15, -0.1) is 0 Å². The minimum absolute atomic E-state index is 0.00485. The van der Waals surface area contributed by atoms with Crippen molar-refractivity contribution in [3.8, 4) is 11.1 Å². The number of carbonyl (C=O) groups is 1. The Morgan fingerprint density at radius 3 is 2.52 bits per heavy atom. The van der Waals surface area contributed by atoms with Gasteiger partial charge in [-0.1, -0.05) is 29.8 Å². The number of nitrogens with one attached hydrogen (secondary N) is 1. The standard InChI is InChI=1S/C20H20FN3O/c1-15-4-10-19(11-5-15)23-20(25)3-2-12-24-14-17(13-22-24)16-6-8-18(21)9-7-16/h4-11,13-14H,2-3,12H2,1H3,(H,23,25). The van der Waals surface area contributed by atoms with E-state index in [1.165, 1.54) is 12.1 Å². The van der Waals surface area contributed by atoms with Crippen LogP contribution in [0.5, 0.6) is 0 Å². The van der Waals surface area contributed by atoms with E-state index in [0.29, 0.717) is 19.4 Å². The van der Waals surface area contributed by atoms with Crippen LogP contribution < -0.4 is 5.32 Å². The van der Waals surface area contributed by atoms with Gasteiger partial charge in [-0.05, 0) is 43.2 Å². The third-order valence-corrected chi connectivity index (χ3v) is 3.94. The molecule has 5 heteroatoms. The highest BCUT2D eigenvalue weighted by atomic mass is 19.1. The number of rotatable bonds is 6. The summed E-state index contributed by atoms with van der Waals surface area (Å²) in [6.07, 6.45) is 4.78. The smallest absolute Gasteiger partial charge is 0.224 e. The van der Waals surface area contributed by atoms with Gasteiger partial charge in [0.05, 0.1) is 6.20 Å². The molecule has 4 nitrogen and oxygen atoms in total. The fourth-order valence-corrected chi connectivity index (χ4v) is 2.54. The molecule has 0 radical (unpaired) electrons. The molecular formula is C20H20FN3O. The van der Waals surface area contributed by atoms with E-state index in [4.69, 9.17) is 0 Å². The fourth-order valence-electron chi connectivity index (χ4n) is 2.54. The van der Waals surface area contributed by atoms with E-state index in [1.807, 2.05) is 37.4 Å². The average Bonchev–Trinajstić information content (AvgIpc) is 3.06. The van der Waals surface area contributed by atoms with Crippen molar-refractivity contribution in [1.82, 2.24) is 9.78 Å². The highest BCUT2D eigenvalue weighted by Crippen LogP contribution is 2.19. The lowest BCUT2D eigenvalue weighted by molar-refractivity contribution is -0.116. The summed E-state index contributed by atoms with van der Waals surface area (Å²) >= 11 is 0. The molecule has 0 fully saturated rings. The SMILES string of the molecule is Cc1ccc(NC(=O)CCCn2cc(-c3ccc(F)cc3)cn2)cc1. The third-order valence-electron chi connectivity index (χ3n) is 3.94. The van der Waals surface area contributed by atoms with Gasteiger partial charge in [-0.2, -0.15) is 5.10 Å². The number of hydrogen-bond acceptors (Lipinski definition) is 2. The van der Waals surface area contributed by atoms with E-state index in [-0.39, 0.29) is 11.7 Å². The number of amides is 1. The maximum Gasteiger partial charge on any atom is 0.224 e. The number of anilines is 1. The second-order valence-electron chi connectivity index (χ2n) is 6.02. The Morgan fingerprint density at radius 1 is 1.08 bits per heavy atom. The summed E-state index contributed by atoms with van der Waals surface area (Å²) in [5, 5.41) is 7.18. The Morgan fingerprint density at radius 2 is 1.80 bits per heavy atom. The van der Waals surface area contributed by atoms with Crippen molar-refractivity contribution in [2.75, 3.05) is 5.32 Å². The number of nitrogens with zero attached hydrogens (tertiary/aromatic N) is 2. The molecule has 0 bridgehead atoms. The Labute approximate surface area is 146 Å². The number of hydrogen-bond donors (Lipinski definition) is 1. The van der Waals surface area contributed by atoms with Crippen LogP contribution in [0.3, 0.4) is 0 Å². The van der Waals surface area contributed by atoms with Crippen molar-refractivity contribution < 1.29 is 9.18 Å². The number of aromatic nitrogens is 2. The molecule has 0 saturated carbocycles. The first kappa shape index (κ1) is 16.9. The molecule has 1 amide bonds. The van der Waals surface area contributed by atoms with E-state index in [9.17, 15) is 9.18 Å². The fraction of sp³-hybridized carbons (Fsp3) is 0.200. The van der Waals surface area contributed by atoms with E-state index >= 15 is 0 Å². The van der Waals surface area contributed by atoms with Crippen LogP contribution in [0.2, 0.25) is 0 Å². The molecule has 0 aliphatic rings. The quantitative estimate of drug-likeness (QED) is 0.724. The molecule has 0 atom stereocenters. The molecule has 1 N–H and O–H groups in total. The van der Waals surface area contributed by atoms with Crippen molar-refractivity contribution in [1.29, 1.82) is 0 Å². The number of carbonyl (C=O) groups excluding carboxylic acids is 1. The molecule has 1 heterocycles. The first-order valence-electron chi connectivity index (χ1n) is 8.25. The van der Waals surface area contributed by atoms with Crippen molar-refractivity contribution in [3.63, 3.8) is 0 Å². The van der Waals surface area contributed by atoms with Crippen molar-refractivity contribution in [3.05, 3.63) is 72.3 Å². The van der Waals surface area contributed by atoms with Gasteiger partial charge in [0.2, 0.25) is 5.91 Å². The molecular weight excluding hydrogens is 317 g/mol. The van der Waals surface area contributed by atoms with Gasteiger partial charge in [0.15, 0.2) is 0 Å². The predicted octanol–water partition coefficient (Wildman–Crippen LogP) is 4.42. The Bertz CT molecular complexity index is 838. The zero-order valence-corrected chi connectivity index (χ0v) is 14.1. The van der Waals surface area contributed by atoms with Crippen molar-refractivity contribution in [2.45, 2.75) is 26.3 Å². The van der Waals surface area contributed by atoms with Crippen LogP contribution in [-0.2, 0) is 11.3 Å². The van der Waals surface area contributed by atoms with Gasteiger partial charge in [-0.25, -0.2) is 4.39 Å². The average molecular weight is 337 g/mol.